The highest BCUT2D eigenvalue weighted by Gasteiger charge is 2.15. The summed E-state index contributed by atoms with van der Waals surface area (Å²) in [7, 11) is 0. The van der Waals surface area contributed by atoms with Crippen LogP contribution < -0.4 is 10.9 Å². The molecular formula is C20H15F2N5O2. The number of nitrogens with one attached hydrogen (secondary N) is 2. The molecule has 2 N–H and O–H groups in total. The van der Waals surface area contributed by atoms with Crippen molar-refractivity contribution in [2.24, 2.45) is 0 Å². The number of nitrogens with zero attached hydrogens (tertiary/aromatic N) is 3. The fourth-order valence-electron chi connectivity index (χ4n) is 3.04. The van der Waals surface area contributed by atoms with Crippen LogP contribution in [0.2, 0.25) is 0 Å². The second kappa shape index (κ2) is 7.63. The molecule has 2 aromatic carbocycles. The zero-order valence-electron chi connectivity index (χ0n) is 15.0. The van der Waals surface area contributed by atoms with Crippen LogP contribution in [0.3, 0.4) is 0 Å². The molecule has 7 nitrogen and oxygen atoms in total. The summed E-state index contributed by atoms with van der Waals surface area (Å²) in [6.07, 6.45) is -1.31. The number of H-pyrrole nitrogens is 1. The van der Waals surface area contributed by atoms with Crippen molar-refractivity contribution in [3.05, 3.63) is 76.8 Å². The number of anilines is 1. The third-order valence-corrected chi connectivity index (χ3v) is 4.37. The van der Waals surface area contributed by atoms with Crippen molar-refractivity contribution in [3.8, 4) is 11.3 Å². The second-order valence-corrected chi connectivity index (χ2v) is 6.27. The third kappa shape index (κ3) is 3.75. The molecule has 1 amide bonds. The van der Waals surface area contributed by atoms with Crippen LogP contribution in [0, 0.1) is 0 Å². The van der Waals surface area contributed by atoms with Gasteiger partial charge in [-0.2, -0.15) is 10.2 Å². The summed E-state index contributed by atoms with van der Waals surface area (Å²) in [5.41, 5.74) is 1.61. The molecule has 0 saturated heterocycles. The number of fused-ring (bicyclic) bond motifs is 1. The maximum Gasteiger partial charge on any atom is 0.273 e. The number of aromatic nitrogens is 4. The fourth-order valence-corrected chi connectivity index (χ4v) is 3.04. The Kier molecular flexibility index (Phi) is 4.86. The molecule has 9 heteroatoms. The van der Waals surface area contributed by atoms with E-state index in [1.807, 2.05) is 12.1 Å². The maximum absolute atomic E-state index is 12.6. The van der Waals surface area contributed by atoms with E-state index in [0.717, 1.165) is 10.2 Å². The van der Waals surface area contributed by atoms with Crippen LogP contribution in [-0.4, -0.2) is 32.3 Å². The van der Waals surface area contributed by atoms with Gasteiger partial charge in [-0.25, -0.2) is 13.9 Å². The van der Waals surface area contributed by atoms with Crippen molar-refractivity contribution in [3.63, 3.8) is 0 Å². The highest BCUT2D eigenvalue weighted by Crippen LogP contribution is 2.25. The predicted molar refractivity (Wildman–Crippen MR) is 104 cm³/mol. The van der Waals surface area contributed by atoms with Crippen LogP contribution >= 0.6 is 0 Å². The van der Waals surface area contributed by atoms with E-state index in [-0.39, 0.29) is 11.3 Å². The minimum atomic E-state index is -2.61. The van der Waals surface area contributed by atoms with Gasteiger partial charge < -0.3 is 5.32 Å². The molecule has 0 spiro atoms. The number of benzene rings is 2. The third-order valence-electron chi connectivity index (χ3n) is 4.37. The van der Waals surface area contributed by atoms with Crippen LogP contribution in [0.25, 0.3) is 22.0 Å². The lowest BCUT2D eigenvalue weighted by atomic mass is 10.0. The largest absolute Gasteiger partial charge is 0.321 e. The molecular weight excluding hydrogens is 380 g/mol. The topological polar surface area (TPSA) is 92.7 Å². The molecule has 2 heterocycles. The van der Waals surface area contributed by atoms with E-state index in [9.17, 15) is 18.4 Å². The van der Waals surface area contributed by atoms with E-state index >= 15 is 0 Å². The standard InChI is InChI=1S/C20H15F2N5O2/c21-17(22)11-27-16(9-10-23-27)20(29)24-13-7-5-12(6-8-13)18-14-3-1-2-4-15(14)19(28)26-25-18/h1-10,17H,11H2,(H,24,29)(H,26,28). The zero-order chi connectivity index (χ0) is 20.4. The van der Waals surface area contributed by atoms with Crippen LogP contribution in [0.4, 0.5) is 14.5 Å². The molecule has 4 aromatic rings. The summed E-state index contributed by atoms with van der Waals surface area (Å²) in [6.45, 7) is -0.653. The summed E-state index contributed by atoms with van der Waals surface area (Å²) in [4.78, 5) is 24.3. The number of carbonyl (C=O) groups excluding carboxylic acids is 1. The Balaban J connectivity index is 1.58. The molecule has 0 aliphatic rings. The molecule has 29 heavy (non-hydrogen) atoms. The average molecular weight is 395 g/mol. The van der Waals surface area contributed by atoms with Gasteiger partial charge in [0.15, 0.2) is 0 Å². The summed E-state index contributed by atoms with van der Waals surface area (Å²) in [5.74, 6) is -0.538. The van der Waals surface area contributed by atoms with Crippen molar-refractivity contribution >= 4 is 22.4 Å². The van der Waals surface area contributed by atoms with E-state index in [4.69, 9.17) is 0 Å². The van der Waals surface area contributed by atoms with Gasteiger partial charge in [0.2, 0.25) is 0 Å². The van der Waals surface area contributed by atoms with Gasteiger partial charge in [0.05, 0.1) is 11.1 Å². The lowest BCUT2D eigenvalue weighted by Gasteiger charge is -2.09. The normalized spacial score (nSPS) is 11.1. The van der Waals surface area contributed by atoms with Gasteiger partial charge in [0, 0.05) is 22.8 Å². The first kappa shape index (κ1) is 18.5. The van der Waals surface area contributed by atoms with E-state index in [1.54, 1.807) is 36.4 Å². The molecule has 146 valence electrons. The molecule has 0 aliphatic carbocycles. The minimum absolute atomic E-state index is 0.0441. The van der Waals surface area contributed by atoms with Crippen LogP contribution in [0.1, 0.15) is 10.5 Å². The number of alkyl halides is 2. The number of rotatable bonds is 5. The first-order chi connectivity index (χ1) is 14.0. The first-order valence-electron chi connectivity index (χ1n) is 8.72. The van der Waals surface area contributed by atoms with Gasteiger partial charge in [-0.05, 0) is 24.3 Å². The van der Waals surface area contributed by atoms with Gasteiger partial charge >= 0.3 is 0 Å². The van der Waals surface area contributed by atoms with Gasteiger partial charge in [-0.3, -0.25) is 14.3 Å². The maximum atomic E-state index is 12.6. The van der Waals surface area contributed by atoms with Crippen LogP contribution in [0.15, 0.2) is 65.6 Å². The Morgan fingerprint density at radius 1 is 1.07 bits per heavy atom. The lowest BCUT2D eigenvalue weighted by Crippen LogP contribution is -2.20. The molecule has 0 atom stereocenters. The molecule has 4 rings (SSSR count). The Labute approximate surface area is 163 Å². The van der Waals surface area contributed by atoms with Crippen molar-refractivity contribution < 1.29 is 13.6 Å². The Hall–Kier alpha value is -3.88. The zero-order valence-corrected chi connectivity index (χ0v) is 15.0. The van der Waals surface area contributed by atoms with Crippen molar-refractivity contribution in [2.75, 3.05) is 5.32 Å². The Bertz CT molecular complexity index is 1230. The van der Waals surface area contributed by atoms with E-state index in [0.29, 0.717) is 22.2 Å². The van der Waals surface area contributed by atoms with E-state index < -0.39 is 18.9 Å². The number of carbonyl (C=O) groups is 1. The van der Waals surface area contributed by atoms with Gasteiger partial charge in [0.1, 0.15) is 12.2 Å². The Morgan fingerprint density at radius 3 is 2.52 bits per heavy atom. The molecule has 0 aliphatic heterocycles. The van der Waals surface area contributed by atoms with Crippen molar-refractivity contribution in [1.29, 1.82) is 0 Å². The number of aromatic amines is 1. The molecule has 0 saturated carbocycles. The average Bonchev–Trinajstić information content (AvgIpc) is 3.17. The SMILES string of the molecule is O=C(Nc1ccc(-c2n[nH]c(=O)c3ccccc23)cc1)c1ccnn1CC(F)F. The van der Waals surface area contributed by atoms with Crippen LogP contribution in [-0.2, 0) is 6.54 Å². The fraction of sp³-hybridized carbons (Fsp3) is 0.100. The highest BCUT2D eigenvalue weighted by molar-refractivity contribution is 6.03. The molecule has 0 radical (unpaired) electrons. The quantitative estimate of drug-likeness (QED) is 0.542. The highest BCUT2D eigenvalue weighted by atomic mass is 19.3. The predicted octanol–water partition coefficient (Wildman–Crippen LogP) is 3.30. The van der Waals surface area contributed by atoms with Gasteiger partial charge in [-0.15, -0.1) is 0 Å². The van der Waals surface area contributed by atoms with E-state index in [2.05, 4.69) is 20.6 Å². The lowest BCUT2D eigenvalue weighted by molar-refractivity contribution is 0.0989. The van der Waals surface area contributed by atoms with Crippen molar-refractivity contribution in [1.82, 2.24) is 20.0 Å². The number of hydrogen-bond acceptors (Lipinski definition) is 4. The number of halogens is 2. The molecule has 0 bridgehead atoms. The second-order valence-electron chi connectivity index (χ2n) is 6.27. The number of hydrogen-bond donors (Lipinski definition) is 2. The van der Waals surface area contributed by atoms with Crippen LogP contribution in [0.5, 0.6) is 0 Å². The smallest absolute Gasteiger partial charge is 0.273 e. The summed E-state index contributed by atoms with van der Waals surface area (Å²) in [6, 6.07) is 15.3. The molecule has 0 unspecified atom stereocenters. The number of amides is 1. The van der Waals surface area contributed by atoms with E-state index in [1.165, 1.54) is 12.3 Å². The summed E-state index contributed by atoms with van der Waals surface area (Å²) < 4.78 is 26.1. The van der Waals surface area contributed by atoms with Crippen molar-refractivity contribution in [2.45, 2.75) is 13.0 Å². The first-order valence-corrected chi connectivity index (χ1v) is 8.72. The summed E-state index contributed by atoms with van der Waals surface area (Å²) in [5, 5.41) is 14.3. The summed E-state index contributed by atoms with van der Waals surface area (Å²) >= 11 is 0. The molecule has 0 fully saturated rings. The van der Waals surface area contributed by atoms with Gasteiger partial charge in [-0.1, -0.05) is 30.3 Å². The molecule has 2 aromatic heterocycles. The minimum Gasteiger partial charge on any atom is -0.321 e. The Morgan fingerprint density at radius 2 is 1.79 bits per heavy atom. The van der Waals surface area contributed by atoms with Gasteiger partial charge in [0.25, 0.3) is 17.9 Å². The monoisotopic (exact) mass is 395 g/mol.